The highest BCUT2D eigenvalue weighted by Gasteiger charge is 2.07. The Morgan fingerprint density at radius 1 is 1.36 bits per heavy atom. The first kappa shape index (κ1) is 13.5. The van der Waals surface area contributed by atoms with Crippen molar-refractivity contribution in [1.29, 1.82) is 0 Å². The Balaban J connectivity index is 3.63. The molecule has 0 saturated carbocycles. The predicted octanol–water partition coefficient (Wildman–Crippen LogP) is 2.65. The lowest BCUT2D eigenvalue weighted by Gasteiger charge is -2.18. The third-order valence-electron chi connectivity index (χ3n) is 2.68. The zero-order valence-electron chi connectivity index (χ0n) is 9.97. The van der Waals surface area contributed by atoms with Crippen LogP contribution in [0.2, 0.25) is 0 Å². The van der Waals surface area contributed by atoms with E-state index in [1.807, 2.05) is 0 Å². The summed E-state index contributed by atoms with van der Waals surface area (Å²) >= 11 is 0. The van der Waals surface area contributed by atoms with Gasteiger partial charge in [-0.1, -0.05) is 26.8 Å². The molecule has 0 aliphatic heterocycles. The molecule has 0 amide bonds. The van der Waals surface area contributed by atoms with Crippen molar-refractivity contribution < 1.29 is 0 Å². The molecule has 14 heavy (non-hydrogen) atoms. The average molecular weight is 198 g/mol. The van der Waals surface area contributed by atoms with Crippen molar-refractivity contribution in [2.75, 3.05) is 6.54 Å². The summed E-state index contributed by atoms with van der Waals surface area (Å²) in [6.07, 6.45) is 4.58. The highest BCUT2D eigenvalue weighted by molar-refractivity contribution is 4.89. The van der Waals surface area contributed by atoms with E-state index in [-0.39, 0.29) is 0 Å². The van der Waals surface area contributed by atoms with Gasteiger partial charge in [0.15, 0.2) is 0 Å². The molecule has 0 fully saturated rings. The van der Waals surface area contributed by atoms with Crippen molar-refractivity contribution in [3.63, 3.8) is 0 Å². The van der Waals surface area contributed by atoms with Crippen LogP contribution in [0.1, 0.15) is 46.5 Å². The molecule has 3 N–H and O–H groups in total. The van der Waals surface area contributed by atoms with Crippen molar-refractivity contribution in [1.82, 2.24) is 5.32 Å². The Morgan fingerprint density at radius 3 is 2.43 bits per heavy atom. The van der Waals surface area contributed by atoms with Crippen LogP contribution in [0.4, 0.5) is 0 Å². The van der Waals surface area contributed by atoms with E-state index in [1.54, 1.807) is 0 Å². The van der Waals surface area contributed by atoms with Gasteiger partial charge >= 0.3 is 0 Å². The van der Waals surface area contributed by atoms with Gasteiger partial charge in [-0.3, -0.25) is 0 Å². The maximum absolute atomic E-state index is 5.74. The second-order valence-corrected chi connectivity index (χ2v) is 4.17. The van der Waals surface area contributed by atoms with Crippen LogP contribution in [0.5, 0.6) is 0 Å². The highest BCUT2D eigenvalue weighted by Crippen LogP contribution is 2.11. The zero-order valence-corrected chi connectivity index (χ0v) is 9.97. The van der Waals surface area contributed by atoms with Crippen molar-refractivity contribution in [3.8, 4) is 0 Å². The van der Waals surface area contributed by atoms with Gasteiger partial charge in [0.05, 0.1) is 0 Å². The molecule has 0 aliphatic carbocycles. The third-order valence-corrected chi connectivity index (χ3v) is 2.68. The minimum Gasteiger partial charge on any atom is -0.389 e. The second-order valence-electron chi connectivity index (χ2n) is 4.17. The molecule has 0 saturated heterocycles. The lowest BCUT2D eigenvalue weighted by molar-refractivity contribution is 0.420. The van der Waals surface area contributed by atoms with Gasteiger partial charge in [0, 0.05) is 18.3 Å². The lowest BCUT2D eigenvalue weighted by Crippen LogP contribution is -2.23. The molecule has 2 heteroatoms. The topological polar surface area (TPSA) is 38.0 Å². The summed E-state index contributed by atoms with van der Waals surface area (Å²) in [6.45, 7) is 11.4. The van der Waals surface area contributed by atoms with Crippen LogP contribution >= 0.6 is 0 Å². The van der Waals surface area contributed by atoms with Gasteiger partial charge in [0.2, 0.25) is 0 Å². The SMILES string of the molecule is C=C(CC)NCC(CC)CCC(C)N. The minimum absolute atomic E-state index is 0.332. The van der Waals surface area contributed by atoms with E-state index in [1.165, 1.54) is 12.8 Å². The molecular formula is C12H26N2. The summed E-state index contributed by atoms with van der Waals surface area (Å²) in [5.41, 5.74) is 6.88. The molecule has 0 spiro atoms. The van der Waals surface area contributed by atoms with E-state index in [4.69, 9.17) is 5.73 Å². The largest absolute Gasteiger partial charge is 0.389 e. The summed E-state index contributed by atoms with van der Waals surface area (Å²) < 4.78 is 0. The van der Waals surface area contributed by atoms with Crippen LogP contribution in [-0.2, 0) is 0 Å². The molecule has 84 valence electrons. The molecule has 2 unspecified atom stereocenters. The van der Waals surface area contributed by atoms with Gasteiger partial charge in [-0.15, -0.1) is 0 Å². The maximum atomic E-state index is 5.74. The van der Waals surface area contributed by atoms with Gasteiger partial charge in [-0.05, 0) is 32.1 Å². The standard InChI is InChI=1S/C12H26N2/c1-5-11(4)14-9-12(6-2)8-7-10(3)13/h10,12,14H,4-9,13H2,1-3H3. The molecular weight excluding hydrogens is 172 g/mol. The lowest BCUT2D eigenvalue weighted by atomic mass is 9.98. The monoisotopic (exact) mass is 198 g/mol. The van der Waals surface area contributed by atoms with Crippen LogP contribution in [0.3, 0.4) is 0 Å². The van der Waals surface area contributed by atoms with Crippen LogP contribution < -0.4 is 11.1 Å². The van der Waals surface area contributed by atoms with Gasteiger partial charge < -0.3 is 11.1 Å². The van der Waals surface area contributed by atoms with Crippen LogP contribution in [0, 0.1) is 5.92 Å². The highest BCUT2D eigenvalue weighted by atomic mass is 14.9. The van der Waals surface area contributed by atoms with Gasteiger partial charge in [-0.25, -0.2) is 0 Å². The normalized spacial score (nSPS) is 14.9. The van der Waals surface area contributed by atoms with E-state index in [0.29, 0.717) is 6.04 Å². The van der Waals surface area contributed by atoms with E-state index < -0.39 is 0 Å². The molecule has 0 radical (unpaired) electrons. The molecule has 0 aliphatic rings. The number of hydrogen-bond donors (Lipinski definition) is 2. The number of nitrogens with two attached hydrogens (primary N) is 1. The van der Waals surface area contributed by atoms with Gasteiger partial charge in [0.1, 0.15) is 0 Å². The molecule has 0 aromatic carbocycles. The molecule has 0 rings (SSSR count). The Bertz CT molecular complexity index is 152. The summed E-state index contributed by atoms with van der Waals surface area (Å²) in [7, 11) is 0. The Morgan fingerprint density at radius 2 is 2.00 bits per heavy atom. The number of allylic oxidation sites excluding steroid dienone is 1. The second kappa shape index (κ2) is 7.86. The molecule has 0 aromatic rings. The average Bonchev–Trinajstić information content (AvgIpc) is 2.17. The summed E-state index contributed by atoms with van der Waals surface area (Å²) in [6, 6.07) is 0.332. The first-order valence-electron chi connectivity index (χ1n) is 5.77. The fourth-order valence-corrected chi connectivity index (χ4v) is 1.36. The van der Waals surface area contributed by atoms with Gasteiger partial charge in [-0.2, -0.15) is 0 Å². The smallest absolute Gasteiger partial charge is 0.0172 e. The van der Waals surface area contributed by atoms with Crippen molar-refractivity contribution in [2.24, 2.45) is 11.7 Å². The van der Waals surface area contributed by atoms with Crippen molar-refractivity contribution in [2.45, 2.75) is 52.5 Å². The molecule has 2 nitrogen and oxygen atoms in total. The van der Waals surface area contributed by atoms with Gasteiger partial charge in [0.25, 0.3) is 0 Å². The molecule has 0 bridgehead atoms. The molecule has 0 aromatic heterocycles. The Hall–Kier alpha value is -0.500. The maximum Gasteiger partial charge on any atom is 0.0172 e. The van der Waals surface area contributed by atoms with E-state index in [0.717, 1.165) is 31.0 Å². The molecule has 2 atom stereocenters. The van der Waals surface area contributed by atoms with E-state index in [2.05, 4.69) is 32.7 Å². The number of nitrogens with one attached hydrogen (secondary N) is 1. The third kappa shape index (κ3) is 6.96. The number of rotatable bonds is 8. The fraction of sp³-hybridized carbons (Fsp3) is 0.833. The van der Waals surface area contributed by atoms with Crippen LogP contribution in [0.25, 0.3) is 0 Å². The Labute approximate surface area is 89.0 Å². The summed E-state index contributed by atoms with van der Waals surface area (Å²) in [5.74, 6) is 0.740. The summed E-state index contributed by atoms with van der Waals surface area (Å²) in [5, 5.41) is 3.37. The Kier molecular flexibility index (Phi) is 7.58. The van der Waals surface area contributed by atoms with Crippen LogP contribution in [0.15, 0.2) is 12.3 Å². The first-order valence-corrected chi connectivity index (χ1v) is 5.77. The first-order chi connectivity index (χ1) is 6.60. The number of hydrogen-bond acceptors (Lipinski definition) is 2. The van der Waals surface area contributed by atoms with E-state index in [9.17, 15) is 0 Å². The summed E-state index contributed by atoms with van der Waals surface area (Å²) in [4.78, 5) is 0. The minimum atomic E-state index is 0.332. The molecule has 0 heterocycles. The van der Waals surface area contributed by atoms with Crippen molar-refractivity contribution >= 4 is 0 Å². The predicted molar refractivity (Wildman–Crippen MR) is 64.1 cm³/mol. The van der Waals surface area contributed by atoms with Crippen LogP contribution in [-0.4, -0.2) is 12.6 Å². The quantitative estimate of drug-likeness (QED) is 0.629. The zero-order chi connectivity index (χ0) is 11.0. The van der Waals surface area contributed by atoms with E-state index >= 15 is 0 Å². The van der Waals surface area contributed by atoms with Crippen molar-refractivity contribution in [3.05, 3.63) is 12.3 Å². The fourth-order valence-electron chi connectivity index (χ4n) is 1.36.